The third-order valence-corrected chi connectivity index (χ3v) is 5.93. The lowest BCUT2D eigenvalue weighted by Crippen LogP contribution is -2.54. The predicted octanol–water partition coefficient (Wildman–Crippen LogP) is 4.37. The second-order valence-electron chi connectivity index (χ2n) is 7.75. The molecule has 0 radical (unpaired) electrons. The fraction of sp³-hybridized carbons (Fsp3) is 0.667. The van der Waals surface area contributed by atoms with Gasteiger partial charge in [0.2, 0.25) is 0 Å². The van der Waals surface area contributed by atoms with Crippen LogP contribution in [0.5, 0.6) is 0 Å². The number of nitrogens with two attached hydrogens (primary N) is 1. The molecule has 1 saturated heterocycles. The number of halogens is 1. The molecule has 1 aromatic carbocycles. The number of aliphatic imine (C=N–C) groups is 1. The third kappa shape index (κ3) is 6.06. The lowest BCUT2D eigenvalue weighted by Gasteiger charge is -2.47. The van der Waals surface area contributed by atoms with Crippen LogP contribution in [0.1, 0.15) is 56.9 Å². The van der Waals surface area contributed by atoms with E-state index in [2.05, 4.69) is 16.3 Å². The van der Waals surface area contributed by atoms with E-state index in [0.717, 1.165) is 17.8 Å². The van der Waals surface area contributed by atoms with E-state index in [-0.39, 0.29) is 29.5 Å². The van der Waals surface area contributed by atoms with E-state index in [1.165, 1.54) is 64.5 Å². The van der Waals surface area contributed by atoms with Gasteiger partial charge in [0.1, 0.15) is 0 Å². The van der Waals surface area contributed by atoms with Crippen molar-refractivity contribution in [1.29, 1.82) is 0 Å². The average molecular weight is 486 g/mol. The number of guanidine groups is 1. The molecule has 2 fully saturated rings. The number of hydrogen-bond donors (Lipinski definition) is 2. The zero-order valence-electron chi connectivity index (χ0n) is 16.6. The summed E-state index contributed by atoms with van der Waals surface area (Å²) in [5.41, 5.74) is 8.55. The molecule has 0 aromatic heterocycles. The van der Waals surface area contributed by atoms with E-state index in [9.17, 15) is 0 Å². The molecule has 152 valence electrons. The Labute approximate surface area is 181 Å². The van der Waals surface area contributed by atoms with Crippen molar-refractivity contribution in [2.24, 2.45) is 10.7 Å². The van der Waals surface area contributed by atoms with Gasteiger partial charge >= 0.3 is 0 Å². The van der Waals surface area contributed by atoms with Crippen molar-refractivity contribution in [2.45, 2.75) is 63.5 Å². The fourth-order valence-electron chi connectivity index (χ4n) is 4.49. The monoisotopic (exact) mass is 486 g/mol. The van der Waals surface area contributed by atoms with Crippen LogP contribution in [0.3, 0.4) is 0 Å². The first kappa shape index (κ1) is 22.4. The zero-order chi connectivity index (χ0) is 18.2. The van der Waals surface area contributed by atoms with Crippen LogP contribution in [0.2, 0.25) is 0 Å². The predicted molar refractivity (Wildman–Crippen MR) is 124 cm³/mol. The molecule has 1 aromatic rings. The number of nitrogens with one attached hydrogen (secondary N) is 1. The van der Waals surface area contributed by atoms with Gasteiger partial charge in [0.15, 0.2) is 5.96 Å². The summed E-state index contributed by atoms with van der Waals surface area (Å²) in [5.74, 6) is 0.510. The number of anilines is 1. The quantitative estimate of drug-likeness (QED) is 0.356. The van der Waals surface area contributed by atoms with E-state index in [4.69, 9.17) is 15.5 Å². The van der Waals surface area contributed by atoms with Crippen molar-refractivity contribution in [1.82, 2.24) is 4.90 Å². The summed E-state index contributed by atoms with van der Waals surface area (Å²) in [6, 6.07) is 8.10. The molecule has 1 heterocycles. The van der Waals surface area contributed by atoms with Gasteiger partial charge in [0, 0.05) is 23.9 Å². The Kier molecular flexibility index (Phi) is 9.32. The van der Waals surface area contributed by atoms with Crippen molar-refractivity contribution in [2.75, 3.05) is 32.1 Å². The van der Waals surface area contributed by atoms with E-state index in [1.807, 2.05) is 18.2 Å². The summed E-state index contributed by atoms with van der Waals surface area (Å²) in [6.45, 7) is 3.81. The Morgan fingerprint density at radius 2 is 1.78 bits per heavy atom. The van der Waals surface area contributed by atoms with Crippen LogP contribution in [-0.2, 0) is 11.3 Å². The Hall–Kier alpha value is -0.860. The van der Waals surface area contributed by atoms with Crippen molar-refractivity contribution in [3.05, 3.63) is 29.8 Å². The minimum absolute atomic E-state index is 0. The average Bonchev–Trinajstić information content (AvgIpc) is 2.70. The first-order chi connectivity index (χ1) is 12.7. The molecule has 0 amide bonds. The summed E-state index contributed by atoms with van der Waals surface area (Å²) < 4.78 is 5.27. The summed E-state index contributed by atoms with van der Waals surface area (Å²) >= 11 is 0. The molecule has 0 atom stereocenters. The number of rotatable bonds is 6. The molecule has 1 saturated carbocycles. The van der Waals surface area contributed by atoms with Gasteiger partial charge in [0.05, 0.1) is 13.2 Å². The zero-order valence-corrected chi connectivity index (χ0v) is 18.9. The largest absolute Gasteiger partial charge is 0.380 e. The molecular weight excluding hydrogens is 451 g/mol. The van der Waals surface area contributed by atoms with Gasteiger partial charge in [-0.3, -0.25) is 9.89 Å². The molecule has 0 spiro atoms. The third-order valence-electron chi connectivity index (χ3n) is 5.93. The van der Waals surface area contributed by atoms with E-state index >= 15 is 0 Å². The number of ether oxygens (including phenoxy) is 1. The summed E-state index contributed by atoms with van der Waals surface area (Å²) in [6.07, 6.45) is 10.5. The van der Waals surface area contributed by atoms with Gasteiger partial charge in [0.25, 0.3) is 0 Å². The maximum absolute atomic E-state index is 6.26. The second kappa shape index (κ2) is 11.2. The van der Waals surface area contributed by atoms with Crippen LogP contribution in [0.4, 0.5) is 5.69 Å². The van der Waals surface area contributed by atoms with E-state index in [1.54, 1.807) is 7.11 Å². The molecule has 3 rings (SSSR count). The maximum atomic E-state index is 6.26. The lowest BCUT2D eigenvalue weighted by atomic mass is 9.79. The molecule has 27 heavy (non-hydrogen) atoms. The summed E-state index contributed by atoms with van der Waals surface area (Å²) in [4.78, 5) is 7.51. The molecule has 6 heteroatoms. The summed E-state index contributed by atoms with van der Waals surface area (Å²) in [7, 11) is 1.71. The van der Waals surface area contributed by atoms with Gasteiger partial charge in [-0.15, -0.1) is 24.0 Å². The smallest absolute Gasteiger partial charge is 0.193 e. The van der Waals surface area contributed by atoms with E-state index < -0.39 is 0 Å². The molecule has 3 N–H and O–H groups in total. The Balaban J connectivity index is 0.00000261. The first-order valence-electron chi connectivity index (χ1n) is 10.1. The highest BCUT2D eigenvalue weighted by Crippen LogP contribution is 2.35. The van der Waals surface area contributed by atoms with Crippen molar-refractivity contribution in [3.63, 3.8) is 0 Å². The van der Waals surface area contributed by atoms with Crippen LogP contribution in [0.25, 0.3) is 0 Å². The van der Waals surface area contributed by atoms with Crippen molar-refractivity contribution >= 4 is 35.6 Å². The number of para-hydroxylation sites is 1. The number of benzene rings is 1. The molecular formula is C21H35IN4O. The highest BCUT2D eigenvalue weighted by molar-refractivity contribution is 14.0. The number of piperidine rings is 1. The molecule has 1 aliphatic carbocycles. The van der Waals surface area contributed by atoms with Crippen molar-refractivity contribution in [3.8, 4) is 0 Å². The van der Waals surface area contributed by atoms with Crippen LogP contribution in [-0.4, -0.2) is 43.1 Å². The number of nitrogens with zero attached hydrogens (tertiary/aromatic N) is 2. The highest BCUT2D eigenvalue weighted by Gasteiger charge is 2.38. The van der Waals surface area contributed by atoms with Gasteiger partial charge in [-0.1, -0.05) is 43.9 Å². The Bertz CT molecular complexity index is 596. The van der Waals surface area contributed by atoms with Gasteiger partial charge in [-0.05, 0) is 44.8 Å². The Morgan fingerprint density at radius 3 is 2.48 bits per heavy atom. The lowest BCUT2D eigenvalue weighted by molar-refractivity contribution is 0.0408. The van der Waals surface area contributed by atoms with Crippen LogP contribution in [0.15, 0.2) is 29.3 Å². The molecule has 2 aliphatic rings. The minimum atomic E-state index is 0. The second-order valence-corrected chi connectivity index (χ2v) is 7.75. The van der Waals surface area contributed by atoms with Gasteiger partial charge in [-0.25, -0.2) is 0 Å². The molecule has 0 bridgehead atoms. The van der Waals surface area contributed by atoms with Crippen molar-refractivity contribution < 1.29 is 4.74 Å². The number of hydrogen-bond acceptors (Lipinski definition) is 3. The van der Waals surface area contributed by atoms with Gasteiger partial charge in [-0.2, -0.15) is 0 Å². The summed E-state index contributed by atoms with van der Waals surface area (Å²) in [5, 5.41) is 3.28. The normalized spacial score (nSPS) is 20.7. The van der Waals surface area contributed by atoms with Gasteiger partial charge < -0.3 is 15.8 Å². The fourth-order valence-corrected chi connectivity index (χ4v) is 4.49. The topological polar surface area (TPSA) is 62.9 Å². The standard InChI is InChI=1S/C21H34N4O.HI/c1-26-16-18-10-4-5-11-19(18)24-20(22)23-17-21(12-6-2-7-13-21)25-14-8-3-9-15-25;/h4-5,10-11H,2-3,6-9,12-17H2,1H3,(H3,22,23,24);1H. The molecule has 1 aliphatic heterocycles. The molecule has 5 nitrogen and oxygen atoms in total. The van der Waals surface area contributed by atoms with Crippen LogP contribution < -0.4 is 11.1 Å². The van der Waals surface area contributed by atoms with E-state index in [0.29, 0.717) is 12.6 Å². The first-order valence-corrected chi connectivity index (χ1v) is 10.1. The van der Waals surface area contributed by atoms with Crippen LogP contribution in [0, 0.1) is 0 Å². The number of likely N-dealkylation sites (tertiary alicyclic amines) is 1. The minimum Gasteiger partial charge on any atom is -0.380 e. The number of methoxy groups -OCH3 is 1. The SMILES string of the molecule is COCc1ccccc1NC(N)=NCC1(N2CCCCC2)CCCCC1.I. The Morgan fingerprint density at radius 1 is 1.11 bits per heavy atom. The van der Waals surface area contributed by atoms with Crippen LogP contribution >= 0.6 is 24.0 Å². The maximum Gasteiger partial charge on any atom is 0.193 e. The highest BCUT2D eigenvalue weighted by atomic mass is 127. The molecule has 0 unspecified atom stereocenters.